The molecule has 4 aliphatic heterocycles. The number of alkyl halides is 1. The molecular weight excluding hydrogens is 719 g/mol. The lowest BCUT2D eigenvalue weighted by Gasteiger charge is -2.40. The van der Waals surface area contributed by atoms with E-state index >= 15 is 4.39 Å². The van der Waals surface area contributed by atoms with Gasteiger partial charge in [0.05, 0.1) is 20.8 Å². The number of carbonyl (C=O) groups excluding carboxylic acids is 1. The van der Waals surface area contributed by atoms with Crippen molar-refractivity contribution in [2.45, 2.75) is 55.9 Å². The van der Waals surface area contributed by atoms with Crippen molar-refractivity contribution in [2.75, 3.05) is 56.9 Å². The number of nitrogen functional groups attached to an aromatic ring is 1. The summed E-state index contributed by atoms with van der Waals surface area (Å²) in [6, 6.07) is 4.15. The Morgan fingerprint density at radius 1 is 1.13 bits per heavy atom. The van der Waals surface area contributed by atoms with E-state index in [0.717, 1.165) is 43.6 Å². The average molecular weight is 754 g/mol. The van der Waals surface area contributed by atoms with Crippen LogP contribution in [0.5, 0.6) is 6.01 Å². The van der Waals surface area contributed by atoms with Crippen molar-refractivity contribution in [2.24, 2.45) is 0 Å². The Hall–Kier alpha value is -4.32. The monoisotopic (exact) mass is 753 g/mol. The lowest BCUT2D eigenvalue weighted by molar-refractivity contribution is 0.0899. The summed E-state index contributed by atoms with van der Waals surface area (Å²) in [5.74, 6) is -0.936. The molecule has 9 rings (SSSR count). The number of hydrogen-bond acceptors (Lipinski definition) is 12. The maximum atomic E-state index is 16.8. The van der Waals surface area contributed by atoms with Crippen molar-refractivity contribution >= 4 is 61.0 Å². The number of nitrogens with two attached hydrogens (primary N) is 1. The van der Waals surface area contributed by atoms with Gasteiger partial charge in [0.15, 0.2) is 10.9 Å². The van der Waals surface area contributed by atoms with Crippen LogP contribution in [0, 0.1) is 11.6 Å². The van der Waals surface area contributed by atoms with Crippen LogP contribution in [0.1, 0.15) is 32.1 Å². The number of carbonyl (C=O) groups is 1. The zero-order chi connectivity index (χ0) is 35.7. The highest BCUT2D eigenvalue weighted by Crippen LogP contribution is 2.43. The number of ether oxygens (including phenoxy) is 1. The first kappa shape index (κ1) is 33.5. The van der Waals surface area contributed by atoms with Gasteiger partial charge in [0.2, 0.25) is 0 Å². The van der Waals surface area contributed by atoms with Crippen LogP contribution in [0.25, 0.3) is 32.2 Å². The molecule has 0 spiro atoms. The first-order valence-corrected chi connectivity index (χ1v) is 18.6. The highest BCUT2D eigenvalue weighted by Gasteiger charge is 2.49. The van der Waals surface area contributed by atoms with Crippen LogP contribution in [0.2, 0.25) is 5.02 Å². The van der Waals surface area contributed by atoms with Gasteiger partial charge < -0.3 is 20.7 Å². The van der Waals surface area contributed by atoms with Crippen LogP contribution in [-0.4, -0.2) is 120 Å². The third kappa shape index (κ3) is 5.68. The maximum Gasteiger partial charge on any atom is 0.346 e. The summed E-state index contributed by atoms with van der Waals surface area (Å²) >= 11 is 7.77. The average Bonchev–Trinajstić information content (AvgIpc) is 3.95. The molecule has 18 heteroatoms. The van der Waals surface area contributed by atoms with Crippen LogP contribution in [0.4, 0.5) is 28.9 Å². The molecule has 0 radical (unpaired) electrons. The number of rotatable bonds is 8. The van der Waals surface area contributed by atoms with Gasteiger partial charge in [0.1, 0.15) is 42.6 Å². The van der Waals surface area contributed by atoms with E-state index in [1.807, 2.05) is 4.90 Å². The molecule has 7 heterocycles. The Bertz CT molecular complexity index is 2180. The van der Waals surface area contributed by atoms with Crippen LogP contribution < -0.4 is 15.8 Å². The molecule has 5 aromatic rings. The van der Waals surface area contributed by atoms with E-state index in [0.29, 0.717) is 50.3 Å². The zero-order valence-corrected chi connectivity index (χ0v) is 29.5. The minimum atomic E-state index is -0.939. The molecule has 3 N–H and O–H groups in total. The lowest BCUT2D eigenvalue weighted by Crippen LogP contribution is -2.57. The lowest BCUT2D eigenvalue weighted by atomic mass is 9.95. The number of halogens is 4. The Balaban J connectivity index is 1.01. The minimum absolute atomic E-state index is 0.00507. The van der Waals surface area contributed by atoms with Gasteiger partial charge >= 0.3 is 12.0 Å². The van der Waals surface area contributed by atoms with Crippen LogP contribution in [0.3, 0.4) is 0 Å². The molecule has 52 heavy (non-hydrogen) atoms. The van der Waals surface area contributed by atoms with Gasteiger partial charge in [-0.25, -0.2) is 27.9 Å². The Kier molecular flexibility index (Phi) is 8.35. The second kappa shape index (κ2) is 13.0. The van der Waals surface area contributed by atoms with Gasteiger partial charge in [-0.1, -0.05) is 22.9 Å². The van der Waals surface area contributed by atoms with Gasteiger partial charge in [-0.3, -0.25) is 9.80 Å². The van der Waals surface area contributed by atoms with Crippen molar-refractivity contribution in [3.63, 3.8) is 0 Å². The first-order valence-electron chi connectivity index (χ1n) is 17.4. The predicted molar refractivity (Wildman–Crippen MR) is 190 cm³/mol. The molecule has 2 bridgehead atoms. The van der Waals surface area contributed by atoms with E-state index in [9.17, 15) is 13.6 Å². The Morgan fingerprint density at radius 3 is 2.75 bits per heavy atom. The molecule has 1 amide bonds. The number of hydrogen-bond donors (Lipinski definition) is 2. The number of thiazole rings is 1. The summed E-state index contributed by atoms with van der Waals surface area (Å²) in [6.07, 6.45) is 5.73. The number of aromatic nitrogens is 6. The van der Waals surface area contributed by atoms with Gasteiger partial charge in [0, 0.05) is 67.7 Å². The standard InChI is InChI=1S/C34H35ClF3N11O2S/c35-23-10-22-27(26(38)25(23)21-4-5-24(37)29-28(21)43-31(39)52-29)44-32(51-15-34-6-1-8-47(34)12-18(36)11-34)45-30(22)41-7-9-46-13-19-2-3-20(14-46)49(19)33(50)48-17-40-16-42-48/h4-5,10,16-20H,1-3,6-9,11-15H2,(H2,39,43)(H,41,44,45)/t18-,19?,20?,34+/m1/s1. The Morgan fingerprint density at radius 2 is 1.96 bits per heavy atom. The van der Waals surface area contributed by atoms with E-state index < -0.39 is 23.3 Å². The van der Waals surface area contributed by atoms with E-state index in [2.05, 4.69) is 40.2 Å². The summed E-state index contributed by atoms with van der Waals surface area (Å²) in [6.45, 7) is 3.79. The number of nitrogens with zero attached hydrogens (tertiary/aromatic N) is 9. The summed E-state index contributed by atoms with van der Waals surface area (Å²) < 4.78 is 53.7. The molecule has 4 atom stereocenters. The highest BCUT2D eigenvalue weighted by atomic mass is 35.5. The largest absolute Gasteiger partial charge is 0.461 e. The van der Waals surface area contributed by atoms with Crippen molar-refractivity contribution < 1.29 is 22.7 Å². The third-order valence-corrected chi connectivity index (χ3v) is 12.2. The molecule has 4 aliphatic rings. The first-order chi connectivity index (χ1) is 25.2. The number of anilines is 2. The van der Waals surface area contributed by atoms with Crippen LogP contribution in [0.15, 0.2) is 30.9 Å². The van der Waals surface area contributed by atoms with E-state index in [1.165, 1.54) is 29.5 Å². The molecule has 3 aromatic heterocycles. The van der Waals surface area contributed by atoms with Crippen molar-refractivity contribution in [3.05, 3.63) is 47.5 Å². The van der Waals surface area contributed by atoms with Gasteiger partial charge in [-0.15, -0.1) is 0 Å². The maximum absolute atomic E-state index is 16.8. The molecule has 4 fully saturated rings. The fourth-order valence-corrected chi connectivity index (χ4v) is 9.76. The highest BCUT2D eigenvalue weighted by molar-refractivity contribution is 7.22. The predicted octanol–water partition coefficient (Wildman–Crippen LogP) is 5.20. The number of likely N-dealkylation sites (tertiary alicyclic amines) is 1. The second-order valence-corrected chi connectivity index (χ2v) is 15.5. The number of nitrogens with one attached hydrogen (secondary N) is 1. The zero-order valence-electron chi connectivity index (χ0n) is 27.9. The van der Waals surface area contributed by atoms with Gasteiger partial charge in [-0.05, 0) is 50.4 Å². The summed E-state index contributed by atoms with van der Waals surface area (Å²) in [7, 11) is 0. The van der Waals surface area contributed by atoms with Crippen LogP contribution in [-0.2, 0) is 0 Å². The minimum Gasteiger partial charge on any atom is -0.461 e. The summed E-state index contributed by atoms with van der Waals surface area (Å²) in [5.41, 5.74) is 5.90. The third-order valence-electron chi connectivity index (χ3n) is 11.0. The second-order valence-electron chi connectivity index (χ2n) is 14.1. The SMILES string of the molecule is Nc1nc2c(-c3c(Cl)cc4c(NCCN5CC6CCC(C5)N6C(=O)n5cncn5)nc(OC[C@@]56CCCN5C[C@H](F)C6)nc4c3F)ccc(F)c2s1. The van der Waals surface area contributed by atoms with Crippen molar-refractivity contribution in [3.8, 4) is 17.1 Å². The molecule has 272 valence electrons. The molecule has 13 nitrogen and oxygen atoms in total. The molecule has 2 aromatic carbocycles. The van der Waals surface area contributed by atoms with Gasteiger partial charge in [-0.2, -0.15) is 19.7 Å². The number of benzene rings is 2. The van der Waals surface area contributed by atoms with E-state index in [-0.39, 0.29) is 67.7 Å². The number of fused-ring (bicyclic) bond motifs is 5. The normalized spacial score (nSPS) is 24.7. The molecule has 0 saturated carbocycles. The fraction of sp³-hybridized carbons (Fsp3) is 0.471. The van der Waals surface area contributed by atoms with E-state index in [4.69, 9.17) is 22.1 Å². The molecular formula is C34H35ClF3N11O2S. The van der Waals surface area contributed by atoms with Crippen LogP contribution >= 0.6 is 22.9 Å². The molecule has 0 aliphatic carbocycles. The van der Waals surface area contributed by atoms with E-state index in [1.54, 1.807) is 6.07 Å². The smallest absolute Gasteiger partial charge is 0.346 e. The summed E-state index contributed by atoms with van der Waals surface area (Å²) in [4.78, 5) is 36.8. The molecule has 2 unspecified atom stereocenters. The fourth-order valence-electron chi connectivity index (χ4n) is 8.71. The quantitative estimate of drug-likeness (QED) is 0.216. The summed E-state index contributed by atoms with van der Waals surface area (Å²) in [5, 5.41) is 7.93. The number of amides is 1. The Labute approximate surface area is 304 Å². The van der Waals surface area contributed by atoms with Gasteiger partial charge in [0.25, 0.3) is 0 Å². The van der Waals surface area contributed by atoms with Crippen molar-refractivity contribution in [1.82, 2.24) is 44.4 Å². The topological polar surface area (TPSA) is 143 Å². The number of piperazine rings is 1. The van der Waals surface area contributed by atoms with Crippen molar-refractivity contribution in [1.29, 1.82) is 0 Å². The molecule has 4 saturated heterocycles.